The summed E-state index contributed by atoms with van der Waals surface area (Å²) in [5, 5.41) is 18.4. The van der Waals surface area contributed by atoms with Crippen molar-refractivity contribution < 1.29 is 14.9 Å². The minimum absolute atomic E-state index is 0.0733. The van der Waals surface area contributed by atoms with Crippen LogP contribution in [-0.2, 0) is 4.74 Å². The van der Waals surface area contributed by atoms with E-state index in [0.29, 0.717) is 17.0 Å². The second-order valence-corrected chi connectivity index (χ2v) is 4.18. The Kier molecular flexibility index (Phi) is 2.62. The first-order valence-electron chi connectivity index (χ1n) is 5.56. The fraction of sp³-hybridized carbons (Fsp3) is 0.500. The van der Waals surface area contributed by atoms with Gasteiger partial charge in [-0.1, -0.05) is 0 Å². The second kappa shape index (κ2) is 4.16. The monoisotopic (exact) mass is 251 g/mol. The quantitative estimate of drug-likeness (QED) is 0.633. The van der Waals surface area contributed by atoms with Gasteiger partial charge in [-0.3, -0.25) is 4.57 Å². The Morgan fingerprint density at radius 3 is 2.83 bits per heavy atom. The number of anilines is 1. The minimum atomic E-state index is -0.383. The lowest BCUT2D eigenvalue weighted by molar-refractivity contribution is -0.243. The van der Waals surface area contributed by atoms with Crippen LogP contribution in [0.25, 0.3) is 11.2 Å². The molecule has 0 saturated carbocycles. The lowest BCUT2D eigenvalue weighted by Gasteiger charge is -2.43. The van der Waals surface area contributed by atoms with Crippen LogP contribution in [0.2, 0.25) is 0 Å². The highest BCUT2D eigenvalue weighted by Gasteiger charge is 2.43. The summed E-state index contributed by atoms with van der Waals surface area (Å²) in [6.45, 7) is -0.193. The van der Waals surface area contributed by atoms with Gasteiger partial charge in [-0.25, -0.2) is 15.0 Å². The number of hydrogen-bond donors (Lipinski definition) is 3. The highest BCUT2D eigenvalue weighted by molar-refractivity contribution is 5.81. The first-order chi connectivity index (χ1) is 8.76. The zero-order chi connectivity index (χ0) is 12.7. The number of nitrogens with zero attached hydrogens (tertiary/aromatic N) is 4. The number of nitrogens with two attached hydrogens (primary N) is 1. The second-order valence-electron chi connectivity index (χ2n) is 4.18. The van der Waals surface area contributed by atoms with Crippen LogP contribution in [0, 0.1) is 5.92 Å². The molecule has 8 nitrogen and oxygen atoms in total. The molecule has 1 fully saturated rings. The van der Waals surface area contributed by atoms with Crippen molar-refractivity contribution in [2.45, 2.75) is 12.3 Å². The molecule has 8 heteroatoms. The first-order valence-corrected chi connectivity index (χ1v) is 5.56. The fourth-order valence-corrected chi connectivity index (χ4v) is 2.19. The van der Waals surface area contributed by atoms with Crippen LogP contribution in [-0.4, -0.2) is 49.0 Å². The summed E-state index contributed by atoms with van der Waals surface area (Å²) in [5.74, 6) is 0.126. The Balaban J connectivity index is 1.99. The Bertz CT molecular complexity index is 572. The van der Waals surface area contributed by atoms with Gasteiger partial charge in [-0.15, -0.1) is 0 Å². The minimum Gasteiger partial charge on any atom is -0.396 e. The van der Waals surface area contributed by atoms with E-state index in [1.165, 1.54) is 6.33 Å². The van der Waals surface area contributed by atoms with Crippen molar-refractivity contribution in [3.8, 4) is 0 Å². The van der Waals surface area contributed by atoms with Gasteiger partial charge in [0.15, 0.2) is 11.5 Å². The predicted molar refractivity (Wildman–Crippen MR) is 61.3 cm³/mol. The van der Waals surface area contributed by atoms with Gasteiger partial charge in [-0.2, -0.15) is 0 Å². The topological polar surface area (TPSA) is 119 Å². The third-order valence-electron chi connectivity index (χ3n) is 3.21. The van der Waals surface area contributed by atoms with Crippen LogP contribution in [0.15, 0.2) is 12.7 Å². The number of ether oxygens (including phenoxy) is 1. The molecule has 0 amide bonds. The highest BCUT2D eigenvalue weighted by Crippen LogP contribution is 2.38. The number of rotatable bonds is 3. The Morgan fingerprint density at radius 2 is 2.11 bits per heavy atom. The average molecular weight is 251 g/mol. The van der Waals surface area contributed by atoms with Crippen LogP contribution in [0.3, 0.4) is 0 Å². The van der Waals surface area contributed by atoms with Gasteiger partial charge in [0.25, 0.3) is 0 Å². The number of aliphatic hydroxyl groups excluding tert-OH is 2. The molecule has 3 rings (SSSR count). The summed E-state index contributed by atoms with van der Waals surface area (Å²) in [4.78, 5) is 12.1. The molecule has 0 unspecified atom stereocenters. The summed E-state index contributed by atoms with van der Waals surface area (Å²) in [7, 11) is 0. The van der Waals surface area contributed by atoms with Crippen LogP contribution in [0.5, 0.6) is 0 Å². The molecule has 18 heavy (non-hydrogen) atoms. The van der Waals surface area contributed by atoms with E-state index in [1.807, 2.05) is 0 Å². The van der Waals surface area contributed by atoms with Crippen molar-refractivity contribution in [3.05, 3.63) is 12.7 Å². The molecule has 1 saturated heterocycles. The number of aliphatic hydroxyl groups is 2. The largest absolute Gasteiger partial charge is 0.396 e. The molecular formula is C10H13N5O3. The van der Waals surface area contributed by atoms with Gasteiger partial charge in [0.1, 0.15) is 18.1 Å². The number of imidazole rings is 1. The van der Waals surface area contributed by atoms with Crippen molar-refractivity contribution in [3.63, 3.8) is 0 Å². The zero-order valence-electron chi connectivity index (χ0n) is 9.47. The molecule has 0 spiro atoms. The Labute approximate surface area is 102 Å². The summed E-state index contributed by atoms with van der Waals surface area (Å²) in [6, 6.07) is 0. The maximum absolute atomic E-state index is 9.30. The molecule has 96 valence electrons. The van der Waals surface area contributed by atoms with E-state index in [0.717, 1.165) is 0 Å². The lowest BCUT2D eigenvalue weighted by Crippen LogP contribution is -2.49. The standard InChI is InChI=1S/C10H13N5O3/c11-8-7-9(13-3-12-8)15(4-14-7)10-5(1-16)6(2-17)18-10/h3-6,10,16-17H,1-2H2,(H2,11,12,13)/t5-,6-,10-/m0/s1. The number of aromatic nitrogens is 4. The normalized spacial score (nSPS) is 27.3. The van der Waals surface area contributed by atoms with Crippen LogP contribution in [0.1, 0.15) is 6.23 Å². The Hall–Kier alpha value is -1.77. The average Bonchev–Trinajstić information content (AvgIpc) is 2.75. The summed E-state index contributed by atoms with van der Waals surface area (Å²) in [6.07, 6.45) is 2.17. The maximum atomic E-state index is 9.30. The van der Waals surface area contributed by atoms with Crippen LogP contribution >= 0.6 is 0 Å². The van der Waals surface area contributed by atoms with E-state index >= 15 is 0 Å². The van der Waals surface area contributed by atoms with Gasteiger partial charge in [0.05, 0.1) is 31.6 Å². The maximum Gasteiger partial charge on any atom is 0.167 e. The SMILES string of the molecule is Nc1ncnc2c1ncn2[C@H]1O[C@@H](CO)[C@@H]1CO. The number of hydrogen-bond acceptors (Lipinski definition) is 7. The molecule has 1 aliphatic rings. The Morgan fingerprint density at radius 1 is 1.28 bits per heavy atom. The van der Waals surface area contributed by atoms with Crippen LogP contribution in [0.4, 0.5) is 5.82 Å². The molecule has 3 atom stereocenters. The van der Waals surface area contributed by atoms with E-state index in [1.54, 1.807) is 10.9 Å². The zero-order valence-corrected chi connectivity index (χ0v) is 9.47. The van der Waals surface area contributed by atoms with E-state index in [-0.39, 0.29) is 31.5 Å². The molecule has 2 aromatic rings. The van der Waals surface area contributed by atoms with Crippen molar-refractivity contribution in [2.24, 2.45) is 5.92 Å². The van der Waals surface area contributed by atoms with E-state index < -0.39 is 0 Å². The van der Waals surface area contributed by atoms with Crippen molar-refractivity contribution in [2.75, 3.05) is 18.9 Å². The first kappa shape index (κ1) is 11.3. The van der Waals surface area contributed by atoms with E-state index in [4.69, 9.17) is 15.6 Å². The third-order valence-corrected chi connectivity index (χ3v) is 3.21. The highest BCUT2D eigenvalue weighted by atomic mass is 16.5. The molecule has 3 heterocycles. The van der Waals surface area contributed by atoms with Gasteiger partial charge < -0.3 is 20.7 Å². The molecule has 0 bridgehead atoms. The molecule has 2 aromatic heterocycles. The van der Waals surface area contributed by atoms with Gasteiger partial charge in [0, 0.05) is 0 Å². The van der Waals surface area contributed by atoms with Crippen molar-refractivity contribution >= 4 is 17.0 Å². The molecule has 0 aromatic carbocycles. The van der Waals surface area contributed by atoms with Gasteiger partial charge in [0.2, 0.25) is 0 Å². The summed E-state index contributed by atoms with van der Waals surface area (Å²) >= 11 is 0. The van der Waals surface area contributed by atoms with Crippen molar-refractivity contribution in [1.29, 1.82) is 0 Å². The predicted octanol–water partition coefficient (Wildman–Crippen LogP) is -1.09. The summed E-state index contributed by atoms with van der Waals surface area (Å²) < 4.78 is 7.19. The van der Waals surface area contributed by atoms with E-state index in [2.05, 4.69) is 15.0 Å². The lowest BCUT2D eigenvalue weighted by atomic mass is 9.95. The van der Waals surface area contributed by atoms with Gasteiger partial charge in [-0.05, 0) is 0 Å². The molecule has 0 aliphatic carbocycles. The molecular weight excluding hydrogens is 238 g/mol. The van der Waals surface area contributed by atoms with Crippen molar-refractivity contribution in [1.82, 2.24) is 19.5 Å². The fourth-order valence-electron chi connectivity index (χ4n) is 2.19. The smallest absolute Gasteiger partial charge is 0.167 e. The number of nitrogen functional groups attached to an aromatic ring is 1. The molecule has 4 N–H and O–H groups in total. The number of fused-ring (bicyclic) bond motifs is 1. The van der Waals surface area contributed by atoms with Crippen LogP contribution < -0.4 is 5.73 Å². The molecule has 1 aliphatic heterocycles. The molecule has 0 radical (unpaired) electrons. The third kappa shape index (κ3) is 1.47. The van der Waals surface area contributed by atoms with E-state index in [9.17, 15) is 5.11 Å². The summed E-state index contributed by atoms with van der Waals surface area (Å²) in [5.41, 5.74) is 6.76. The van der Waals surface area contributed by atoms with Gasteiger partial charge >= 0.3 is 0 Å².